The zero-order valence-electron chi connectivity index (χ0n) is 10.00. The van der Waals surface area contributed by atoms with Gasteiger partial charge in [-0.15, -0.1) is 0 Å². The van der Waals surface area contributed by atoms with Gasteiger partial charge in [0.1, 0.15) is 11.7 Å². The van der Waals surface area contributed by atoms with E-state index in [1.54, 1.807) is 6.92 Å². The Morgan fingerprint density at radius 2 is 2.44 bits per heavy atom. The van der Waals surface area contributed by atoms with Crippen LogP contribution in [0.2, 0.25) is 0 Å². The van der Waals surface area contributed by atoms with Crippen molar-refractivity contribution >= 4 is 21.8 Å². The summed E-state index contributed by atoms with van der Waals surface area (Å²) in [6, 6.07) is 5.88. The van der Waals surface area contributed by atoms with Gasteiger partial charge in [0.15, 0.2) is 0 Å². The summed E-state index contributed by atoms with van der Waals surface area (Å²) in [6.45, 7) is 2.64. The monoisotopic (exact) mass is 308 g/mol. The van der Waals surface area contributed by atoms with Crippen LogP contribution in [0.15, 0.2) is 16.6 Å². The zero-order chi connectivity index (χ0) is 13.1. The van der Waals surface area contributed by atoms with Gasteiger partial charge in [-0.2, -0.15) is 5.26 Å². The van der Waals surface area contributed by atoms with E-state index < -0.39 is 5.92 Å². The first-order chi connectivity index (χ1) is 8.61. The molecular weight excluding hydrogens is 296 g/mol. The van der Waals surface area contributed by atoms with Crippen LogP contribution in [0.5, 0.6) is 5.75 Å². The summed E-state index contributed by atoms with van der Waals surface area (Å²) in [5.41, 5.74) is 2.09. The number of nitriles is 1. The number of hydrogen-bond acceptors (Lipinski definition) is 3. The van der Waals surface area contributed by atoms with Gasteiger partial charge in [0.05, 0.1) is 12.7 Å². The first-order valence-electron chi connectivity index (χ1n) is 5.73. The lowest BCUT2D eigenvalue weighted by Gasteiger charge is -2.11. The molecule has 1 aliphatic heterocycles. The number of carbonyl (C=O) groups is 1. The summed E-state index contributed by atoms with van der Waals surface area (Å²) in [7, 11) is 0. The van der Waals surface area contributed by atoms with Crippen molar-refractivity contribution in [2.24, 2.45) is 5.92 Å². The Bertz CT molecular complexity index is 522. The van der Waals surface area contributed by atoms with E-state index in [-0.39, 0.29) is 5.91 Å². The Morgan fingerprint density at radius 1 is 1.67 bits per heavy atom. The number of benzene rings is 1. The molecule has 0 aliphatic carbocycles. The van der Waals surface area contributed by atoms with Crippen LogP contribution in [-0.2, 0) is 17.8 Å². The fourth-order valence-corrected chi connectivity index (χ4v) is 2.42. The Kier molecular flexibility index (Phi) is 3.87. The van der Waals surface area contributed by atoms with Gasteiger partial charge in [-0.1, -0.05) is 15.9 Å². The van der Waals surface area contributed by atoms with Gasteiger partial charge in [0.25, 0.3) is 0 Å². The lowest BCUT2D eigenvalue weighted by Crippen LogP contribution is -2.28. The van der Waals surface area contributed by atoms with E-state index in [0.29, 0.717) is 13.2 Å². The lowest BCUT2D eigenvalue weighted by molar-refractivity contribution is -0.123. The molecule has 1 unspecified atom stereocenters. The average molecular weight is 309 g/mol. The van der Waals surface area contributed by atoms with Gasteiger partial charge in [-0.3, -0.25) is 4.79 Å². The van der Waals surface area contributed by atoms with E-state index in [1.165, 1.54) is 0 Å². The van der Waals surface area contributed by atoms with Crippen LogP contribution in [-0.4, -0.2) is 12.5 Å². The number of amides is 1. The van der Waals surface area contributed by atoms with Gasteiger partial charge in [0.2, 0.25) is 5.91 Å². The summed E-state index contributed by atoms with van der Waals surface area (Å²) < 4.78 is 6.54. The number of halogens is 1. The first kappa shape index (κ1) is 12.9. The molecule has 18 heavy (non-hydrogen) atoms. The fourth-order valence-electron chi connectivity index (χ4n) is 1.87. The molecule has 1 heterocycles. The van der Waals surface area contributed by atoms with Crippen molar-refractivity contribution in [2.75, 3.05) is 6.61 Å². The Morgan fingerprint density at radius 3 is 3.17 bits per heavy atom. The highest BCUT2D eigenvalue weighted by Gasteiger charge is 2.18. The quantitative estimate of drug-likeness (QED) is 0.930. The average Bonchev–Trinajstić information content (AvgIpc) is 2.82. The molecule has 0 radical (unpaired) electrons. The topological polar surface area (TPSA) is 62.1 Å². The predicted molar refractivity (Wildman–Crippen MR) is 70.0 cm³/mol. The van der Waals surface area contributed by atoms with E-state index in [9.17, 15) is 4.79 Å². The molecule has 0 saturated carbocycles. The van der Waals surface area contributed by atoms with Crippen molar-refractivity contribution in [1.82, 2.24) is 5.32 Å². The van der Waals surface area contributed by atoms with E-state index in [2.05, 4.69) is 21.2 Å². The van der Waals surface area contributed by atoms with Crippen molar-refractivity contribution in [3.05, 3.63) is 27.7 Å². The van der Waals surface area contributed by atoms with Crippen LogP contribution in [0.4, 0.5) is 0 Å². The number of carbonyl (C=O) groups excluding carboxylic acids is 1. The Labute approximate surface area is 114 Å². The molecule has 2 rings (SSSR count). The number of rotatable bonds is 3. The molecule has 0 bridgehead atoms. The highest BCUT2D eigenvalue weighted by Crippen LogP contribution is 2.32. The van der Waals surface area contributed by atoms with Gasteiger partial charge in [-0.25, -0.2) is 0 Å². The summed E-state index contributed by atoms with van der Waals surface area (Å²) in [6.07, 6.45) is 0.893. The molecule has 5 heteroatoms. The maximum Gasteiger partial charge on any atom is 0.237 e. The molecule has 1 aromatic rings. The standard InChI is InChI=1S/C13H13BrN2O2/c1-8(6-15)13(17)16-7-10-5-11(14)4-9-2-3-18-12(9)10/h4-5,8H,2-3,7H2,1H3,(H,16,17). The molecule has 0 fully saturated rings. The molecule has 0 aromatic heterocycles. The molecular formula is C13H13BrN2O2. The summed E-state index contributed by atoms with van der Waals surface area (Å²) in [5.74, 6) is -0.0292. The molecule has 1 atom stereocenters. The van der Waals surface area contributed by atoms with E-state index in [4.69, 9.17) is 10.00 Å². The van der Waals surface area contributed by atoms with E-state index in [1.807, 2.05) is 18.2 Å². The van der Waals surface area contributed by atoms with Gasteiger partial charge >= 0.3 is 0 Å². The molecule has 0 saturated heterocycles. The van der Waals surface area contributed by atoms with Crippen molar-refractivity contribution in [1.29, 1.82) is 5.26 Å². The summed E-state index contributed by atoms with van der Waals surface area (Å²) in [5, 5.41) is 11.4. The molecule has 1 amide bonds. The minimum atomic E-state index is -0.633. The van der Waals surface area contributed by atoms with Crippen molar-refractivity contribution < 1.29 is 9.53 Å². The summed E-state index contributed by atoms with van der Waals surface area (Å²) in [4.78, 5) is 11.5. The highest BCUT2D eigenvalue weighted by molar-refractivity contribution is 9.10. The van der Waals surface area contributed by atoms with Crippen LogP contribution >= 0.6 is 15.9 Å². The van der Waals surface area contributed by atoms with Crippen LogP contribution in [0.1, 0.15) is 18.1 Å². The van der Waals surface area contributed by atoms with Crippen LogP contribution in [0, 0.1) is 17.2 Å². The van der Waals surface area contributed by atoms with E-state index >= 15 is 0 Å². The Balaban J connectivity index is 2.11. The minimum Gasteiger partial charge on any atom is -0.493 e. The van der Waals surface area contributed by atoms with Crippen LogP contribution in [0.3, 0.4) is 0 Å². The van der Waals surface area contributed by atoms with E-state index in [0.717, 1.165) is 27.8 Å². The normalized spacial score (nSPS) is 14.3. The van der Waals surface area contributed by atoms with Crippen LogP contribution < -0.4 is 10.1 Å². The first-order valence-corrected chi connectivity index (χ1v) is 6.52. The third-order valence-corrected chi connectivity index (χ3v) is 3.32. The summed E-state index contributed by atoms with van der Waals surface area (Å²) >= 11 is 3.44. The smallest absolute Gasteiger partial charge is 0.237 e. The molecule has 1 aliphatic rings. The number of nitrogens with one attached hydrogen (secondary N) is 1. The molecule has 1 N–H and O–H groups in total. The van der Waals surface area contributed by atoms with Gasteiger partial charge in [0, 0.05) is 23.0 Å². The van der Waals surface area contributed by atoms with Gasteiger partial charge in [-0.05, 0) is 24.6 Å². The second-order valence-electron chi connectivity index (χ2n) is 4.22. The SMILES string of the molecule is CC(C#N)C(=O)NCc1cc(Br)cc2c1OCC2. The molecule has 1 aromatic carbocycles. The van der Waals surface area contributed by atoms with Crippen LogP contribution in [0.25, 0.3) is 0 Å². The molecule has 4 nitrogen and oxygen atoms in total. The van der Waals surface area contributed by atoms with Crippen molar-refractivity contribution in [3.63, 3.8) is 0 Å². The second-order valence-corrected chi connectivity index (χ2v) is 5.14. The van der Waals surface area contributed by atoms with Gasteiger partial charge < -0.3 is 10.1 Å². The predicted octanol–water partition coefficient (Wildman–Crippen LogP) is 2.16. The third kappa shape index (κ3) is 2.65. The minimum absolute atomic E-state index is 0.260. The number of hydrogen-bond donors (Lipinski definition) is 1. The maximum atomic E-state index is 11.5. The zero-order valence-corrected chi connectivity index (χ0v) is 11.6. The number of fused-ring (bicyclic) bond motifs is 1. The van der Waals surface area contributed by atoms with Crippen molar-refractivity contribution in [2.45, 2.75) is 19.9 Å². The fraction of sp³-hybridized carbons (Fsp3) is 0.385. The third-order valence-electron chi connectivity index (χ3n) is 2.87. The Hall–Kier alpha value is -1.54. The molecule has 94 valence electrons. The lowest BCUT2D eigenvalue weighted by atomic mass is 10.1. The second kappa shape index (κ2) is 5.40. The number of ether oxygens (including phenoxy) is 1. The maximum absolute atomic E-state index is 11.5. The molecule has 0 spiro atoms. The van der Waals surface area contributed by atoms with Crippen molar-refractivity contribution in [3.8, 4) is 11.8 Å². The highest BCUT2D eigenvalue weighted by atomic mass is 79.9. The number of nitrogens with zero attached hydrogens (tertiary/aromatic N) is 1. The largest absolute Gasteiger partial charge is 0.493 e.